The van der Waals surface area contributed by atoms with Crippen molar-refractivity contribution < 1.29 is 26.7 Å². The van der Waals surface area contributed by atoms with Crippen LogP contribution in [0.4, 0.5) is 27.9 Å². The normalized spacial score (nSPS) is 12.0. The van der Waals surface area contributed by atoms with Crippen LogP contribution in [0.15, 0.2) is 47.7 Å². The second-order valence-corrected chi connectivity index (χ2v) is 5.96. The van der Waals surface area contributed by atoms with Crippen LogP contribution in [0.2, 0.25) is 0 Å². The first kappa shape index (κ1) is 21.1. The smallest absolute Gasteiger partial charge is 0.408 e. The van der Waals surface area contributed by atoms with Crippen LogP contribution in [-0.4, -0.2) is 39.2 Å². The van der Waals surface area contributed by atoms with E-state index in [1.54, 1.807) is 24.3 Å². The van der Waals surface area contributed by atoms with Gasteiger partial charge in [0.1, 0.15) is 23.7 Å². The molecule has 0 radical (unpaired) electrons. The van der Waals surface area contributed by atoms with E-state index in [4.69, 9.17) is 4.74 Å². The summed E-state index contributed by atoms with van der Waals surface area (Å²) < 4.78 is 69.4. The molecule has 3 rings (SSSR count). The fourth-order valence-electron chi connectivity index (χ4n) is 2.43. The minimum Gasteiger partial charge on any atom is -0.497 e. The molecule has 0 aliphatic carbocycles. The highest BCUT2D eigenvalue weighted by molar-refractivity contribution is 5.77. The first-order valence-electron chi connectivity index (χ1n) is 8.44. The molecule has 0 aliphatic rings. The molecule has 158 valence electrons. The molecule has 1 aromatic carbocycles. The van der Waals surface area contributed by atoms with Crippen LogP contribution in [0.1, 0.15) is 17.8 Å². The van der Waals surface area contributed by atoms with E-state index in [-0.39, 0.29) is 17.3 Å². The lowest BCUT2D eigenvalue weighted by molar-refractivity contribution is -0.142. The third kappa shape index (κ3) is 5.72. The summed E-state index contributed by atoms with van der Waals surface area (Å²) in [4.78, 5) is 7.84. The number of nitrogens with zero attached hydrogens (tertiary/aromatic N) is 5. The lowest BCUT2D eigenvalue weighted by Crippen LogP contribution is -2.18. The fourth-order valence-corrected chi connectivity index (χ4v) is 2.43. The number of anilines is 1. The molecule has 12 heteroatoms. The second-order valence-electron chi connectivity index (χ2n) is 5.96. The number of alkyl halides is 5. The molecule has 30 heavy (non-hydrogen) atoms. The third-order valence-electron chi connectivity index (χ3n) is 3.70. The van der Waals surface area contributed by atoms with Crippen molar-refractivity contribution in [3.63, 3.8) is 0 Å². The number of hydrogen-bond donors (Lipinski definition) is 1. The molecular weight excluding hydrogens is 411 g/mol. The fraction of sp³-hybridized carbons (Fsp3) is 0.222. The van der Waals surface area contributed by atoms with Crippen molar-refractivity contribution in [1.82, 2.24) is 19.7 Å². The second kappa shape index (κ2) is 8.84. The average Bonchev–Trinajstić information content (AvgIpc) is 3.13. The van der Waals surface area contributed by atoms with Gasteiger partial charge in [0.25, 0.3) is 6.43 Å². The Morgan fingerprint density at radius 1 is 1.20 bits per heavy atom. The van der Waals surface area contributed by atoms with E-state index in [1.165, 1.54) is 13.2 Å². The lowest BCUT2D eigenvalue weighted by atomic mass is 10.1. The SMILES string of the molecule is COc1cccc(-c2cc(C(F)F)nc(NN=Cc3ccn(CC(F)(F)F)n3)n2)c1. The van der Waals surface area contributed by atoms with E-state index in [9.17, 15) is 22.0 Å². The van der Waals surface area contributed by atoms with E-state index < -0.39 is 24.8 Å². The maximum Gasteiger partial charge on any atom is 0.408 e. The molecule has 3 aromatic rings. The predicted molar refractivity (Wildman–Crippen MR) is 98.5 cm³/mol. The summed E-state index contributed by atoms with van der Waals surface area (Å²) >= 11 is 0. The molecular formula is C18H15F5N6O. The summed E-state index contributed by atoms with van der Waals surface area (Å²) in [6.07, 6.45) is -4.99. The van der Waals surface area contributed by atoms with Gasteiger partial charge in [-0.1, -0.05) is 12.1 Å². The molecule has 0 bridgehead atoms. The van der Waals surface area contributed by atoms with E-state index >= 15 is 0 Å². The molecule has 2 heterocycles. The van der Waals surface area contributed by atoms with Crippen LogP contribution in [0.25, 0.3) is 11.3 Å². The van der Waals surface area contributed by atoms with Crippen molar-refractivity contribution >= 4 is 12.2 Å². The number of nitrogens with one attached hydrogen (secondary N) is 1. The first-order valence-corrected chi connectivity index (χ1v) is 8.44. The van der Waals surface area contributed by atoms with Crippen LogP contribution in [0, 0.1) is 0 Å². The zero-order valence-electron chi connectivity index (χ0n) is 15.4. The van der Waals surface area contributed by atoms with Gasteiger partial charge < -0.3 is 4.74 Å². The van der Waals surface area contributed by atoms with Crippen LogP contribution < -0.4 is 10.2 Å². The summed E-state index contributed by atoms with van der Waals surface area (Å²) in [5, 5.41) is 7.45. The largest absolute Gasteiger partial charge is 0.497 e. The van der Waals surface area contributed by atoms with Crippen LogP contribution in [-0.2, 0) is 6.54 Å². The third-order valence-corrected chi connectivity index (χ3v) is 3.70. The Labute approximate surface area is 167 Å². The highest BCUT2D eigenvalue weighted by Gasteiger charge is 2.28. The summed E-state index contributed by atoms with van der Waals surface area (Å²) in [5.74, 6) is 0.309. The number of benzene rings is 1. The number of ether oxygens (including phenoxy) is 1. The van der Waals surface area contributed by atoms with Gasteiger partial charge in [-0.3, -0.25) is 4.68 Å². The van der Waals surface area contributed by atoms with Crippen LogP contribution in [0.5, 0.6) is 5.75 Å². The molecule has 7 nitrogen and oxygen atoms in total. The van der Waals surface area contributed by atoms with Crippen molar-refractivity contribution in [2.45, 2.75) is 19.1 Å². The number of hydrogen-bond acceptors (Lipinski definition) is 6. The Hall–Kier alpha value is -3.57. The zero-order valence-corrected chi connectivity index (χ0v) is 15.4. The van der Waals surface area contributed by atoms with Gasteiger partial charge >= 0.3 is 6.18 Å². The first-order chi connectivity index (χ1) is 14.2. The Balaban J connectivity index is 1.80. The topological polar surface area (TPSA) is 77.2 Å². The van der Waals surface area contributed by atoms with Crippen molar-refractivity contribution in [3.8, 4) is 17.0 Å². The summed E-state index contributed by atoms with van der Waals surface area (Å²) in [7, 11) is 1.47. The Kier molecular flexibility index (Phi) is 6.23. The molecule has 0 spiro atoms. The summed E-state index contributed by atoms with van der Waals surface area (Å²) in [6.45, 7) is -1.24. The standard InChI is InChI=1S/C18H15F5N6O/c1-30-13-4-2-3-11(7-13)14-8-15(16(19)20)26-17(25-14)27-24-9-12-5-6-29(28-12)10-18(21,22)23/h2-9,16H,10H2,1H3,(H,25,26,27). The van der Waals surface area contributed by atoms with Crippen LogP contribution >= 0.6 is 0 Å². The number of hydrazone groups is 1. The number of aromatic nitrogens is 4. The Bertz CT molecular complexity index is 1030. The van der Waals surface area contributed by atoms with E-state index in [0.717, 1.165) is 18.5 Å². The Morgan fingerprint density at radius 2 is 2.00 bits per heavy atom. The molecule has 0 unspecified atom stereocenters. The number of rotatable bonds is 7. The van der Waals surface area contributed by atoms with E-state index in [1.807, 2.05) is 0 Å². The molecule has 0 fully saturated rings. The maximum absolute atomic E-state index is 13.2. The monoisotopic (exact) mass is 426 g/mol. The van der Waals surface area contributed by atoms with Gasteiger partial charge in [0.2, 0.25) is 5.95 Å². The van der Waals surface area contributed by atoms with Crippen molar-refractivity contribution in [2.75, 3.05) is 12.5 Å². The summed E-state index contributed by atoms with van der Waals surface area (Å²) in [6, 6.07) is 9.13. The van der Waals surface area contributed by atoms with Crippen molar-refractivity contribution in [1.29, 1.82) is 0 Å². The quantitative estimate of drug-likeness (QED) is 0.346. The molecule has 0 saturated carbocycles. The molecule has 2 aromatic heterocycles. The van der Waals surface area contributed by atoms with Gasteiger partial charge in [0.05, 0.1) is 19.0 Å². The van der Waals surface area contributed by atoms with Gasteiger partial charge in [0, 0.05) is 11.8 Å². The molecule has 0 amide bonds. The molecule has 0 aliphatic heterocycles. The van der Waals surface area contributed by atoms with Gasteiger partial charge in [0.15, 0.2) is 0 Å². The number of methoxy groups -OCH3 is 1. The highest BCUT2D eigenvalue weighted by Crippen LogP contribution is 2.27. The van der Waals surface area contributed by atoms with Gasteiger partial charge in [-0.2, -0.15) is 23.4 Å². The van der Waals surface area contributed by atoms with Crippen molar-refractivity contribution in [3.05, 3.63) is 54.0 Å². The predicted octanol–water partition coefficient (Wildman–Crippen LogP) is 4.29. The van der Waals surface area contributed by atoms with Crippen LogP contribution in [0.3, 0.4) is 0 Å². The van der Waals surface area contributed by atoms with Gasteiger partial charge in [-0.25, -0.2) is 24.2 Å². The molecule has 0 saturated heterocycles. The highest BCUT2D eigenvalue weighted by atomic mass is 19.4. The lowest BCUT2D eigenvalue weighted by Gasteiger charge is -2.08. The minimum absolute atomic E-state index is 0.129. The van der Waals surface area contributed by atoms with Gasteiger partial charge in [-0.15, -0.1) is 0 Å². The molecule has 1 N–H and O–H groups in total. The average molecular weight is 426 g/mol. The van der Waals surface area contributed by atoms with Gasteiger partial charge in [-0.05, 0) is 24.3 Å². The zero-order chi connectivity index (χ0) is 21.7. The maximum atomic E-state index is 13.2. The molecule has 0 atom stereocenters. The van der Waals surface area contributed by atoms with E-state index in [0.29, 0.717) is 16.0 Å². The number of halogens is 5. The summed E-state index contributed by atoms with van der Waals surface area (Å²) in [5.41, 5.74) is 2.75. The minimum atomic E-state index is -4.40. The van der Waals surface area contributed by atoms with Crippen molar-refractivity contribution in [2.24, 2.45) is 5.10 Å². The Morgan fingerprint density at radius 3 is 2.70 bits per heavy atom. The van der Waals surface area contributed by atoms with E-state index in [2.05, 4.69) is 25.6 Å².